The second-order valence-electron chi connectivity index (χ2n) is 12.5. The molecule has 252 valence electrons. The van der Waals surface area contributed by atoms with Gasteiger partial charge in [0.15, 0.2) is 0 Å². The van der Waals surface area contributed by atoms with Crippen LogP contribution in [0.1, 0.15) is 206 Å². The summed E-state index contributed by atoms with van der Waals surface area (Å²) in [6, 6.07) is 0. The first-order chi connectivity index (χ1) is 20.3. The SMILES string of the molecule is CCCCCCCC(O)CCCCCCCCCC(=O)[O-].CCCCCCCC(O)CCCCCCCCCC(=O)[O-].[Cd+2]. The van der Waals surface area contributed by atoms with Crippen molar-refractivity contribution in [1.29, 1.82) is 0 Å². The summed E-state index contributed by atoms with van der Waals surface area (Å²) in [5.74, 6) is -1.86. The van der Waals surface area contributed by atoms with Crippen molar-refractivity contribution >= 4 is 11.9 Å². The summed E-state index contributed by atoms with van der Waals surface area (Å²) in [4.78, 5) is 20.5. The van der Waals surface area contributed by atoms with Gasteiger partial charge in [0.25, 0.3) is 0 Å². The monoisotopic (exact) mass is 712 g/mol. The first-order valence-electron chi connectivity index (χ1n) is 18.1. The van der Waals surface area contributed by atoms with Crippen LogP contribution < -0.4 is 10.2 Å². The van der Waals surface area contributed by atoms with E-state index in [-0.39, 0.29) is 52.3 Å². The number of aliphatic hydroxyl groups excluding tert-OH is 2. The quantitative estimate of drug-likeness (QED) is 0.0540. The van der Waals surface area contributed by atoms with Gasteiger partial charge in [-0.15, -0.1) is 0 Å². The van der Waals surface area contributed by atoms with E-state index < -0.39 is 11.9 Å². The molecule has 0 aliphatic rings. The average molecular weight is 711 g/mol. The molecule has 0 aromatic heterocycles. The number of aliphatic carboxylic acids is 2. The van der Waals surface area contributed by atoms with Crippen molar-refractivity contribution in [3.8, 4) is 0 Å². The second kappa shape index (κ2) is 39.8. The van der Waals surface area contributed by atoms with Crippen LogP contribution in [-0.2, 0) is 36.9 Å². The van der Waals surface area contributed by atoms with E-state index >= 15 is 0 Å². The van der Waals surface area contributed by atoms with Crippen LogP contribution in [0.25, 0.3) is 0 Å². The minimum Gasteiger partial charge on any atom is -0.550 e. The molecule has 2 atom stereocenters. The fourth-order valence-electron chi connectivity index (χ4n) is 5.32. The van der Waals surface area contributed by atoms with E-state index in [9.17, 15) is 30.0 Å². The van der Waals surface area contributed by atoms with Crippen molar-refractivity contribution in [3.63, 3.8) is 0 Å². The van der Waals surface area contributed by atoms with Gasteiger partial charge in [0.1, 0.15) is 0 Å². The average Bonchev–Trinajstić information content (AvgIpc) is 2.95. The molecule has 7 heteroatoms. The molecule has 0 saturated heterocycles. The molecule has 0 rings (SSSR count). The molecule has 0 spiro atoms. The predicted molar refractivity (Wildman–Crippen MR) is 172 cm³/mol. The normalized spacial score (nSPS) is 12.2. The molecule has 6 nitrogen and oxygen atoms in total. The maximum Gasteiger partial charge on any atom is 2.00 e. The number of hydrogen-bond acceptors (Lipinski definition) is 6. The molecular weight excluding hydrogens is 641 g/mol. The topological polar surface area (TPSA) is 121 Å². The van der Waals surface area contributed by atoms with E-state index in [0.717, 1.165) is 77.0 Å². The van der Waals surface area contributed by atoms with Crippen LogP contribution in [0.4, 0.5) is 0 Å². The Morgan fingerprint density at radius 2 is 0.628 bits per heavy atom. The third kappa shape index (κ3) is 46.3. The van der Waals surface area contributed by atoms with Crippen LogP contribution in [0.3, 0.4) is 0 Å². The Morgan fingerprint density at radius 1 is 0.419 bits per heavy atom. The number of rotatable bonds is 32. The molecule has 0 aromatic rings. The van der Waals surface area contributed by atoms with E-state index in [1.807, 2.05) is 0 Å². The Hall–Kier alpha value is -0.218. The predicted octanol–water partition coefficient (Wildman–Crippen LogP) is 7.93. The third-order valence-electron chi connectivity index (χ3n) is 8.12. The molecule has 43 heavy (non-hydrogen) atoms. The van der Waals surface area contributed by atoms with Crippen molar-refractivity contribution in [2.45, 2.75) is 219 Å². The standard InChI is InChI=1S/2C18H36O3.Cd/c2*1-2-3-4-8-11-14-17(19)15-12-9-6-5-7-10-13-16-18(20)21;/h2*17,19H,2-16H2,1H3,(H,20,21);/q;;+2/p-2. The Balaban J connectivity index is -0.000000727. The van der Waals surface area contributed by atoms with Crippen molar-refractivity contribution < 1.29 is 57.3 Å². The largest absolute Gasteiger partial charge is 2.00 e. The van der Waals surface area contributed by atoms with Crippen LogP contribution >= 0.6 is 0 Å². The fraction of sp³-hybridized carbons (Fsp3) is 0.944. The molecule has 0 bridgehead atoms. The summed E-state index contributed by atoms with van der Waals surface area (Å²) in [6.45, 7) is 4.44. The number of carbonyl (C=O) groups excluding carboxylic acids is 2. The number of unbranched alkanes of at least 4 members (excludes halogenated alkanes) is 20. The van der Waals surface area contributed by atoms with E-state index in [0.29, 0.717) is 0 Å². The zero-order valence-corrected chi connectivity index (χ0v) is 32.6. The van der Waals surface area contributed by atoms with Gasteiger partial charge in [-0.3, -0.25) is 0 Å². The van der Waals surface area contributed by atoms with Crippen LogP contribution in [0.15, 0.2) is 0 Å². The van der Waals surface area contributed by atoms with Crippen LogP contribution in [0.2, 0.25) is 0 Å². The van der Waals surface area contributed by atoms with Crippen molar-refractivity contribution in [2.75, 3.05) is 0 Å². The zero-order valence-electron chi connectivity index (χ0n) is 28.6. The second-order valence-corrected chi connectivity index (χ2v) is 12.5. The molecule has 2 N–H and O–H groups in total. The first-order valence-corrected chi connectivity index (χ1v) is 18.1. The van der Waals surface area contributed by atoms with Crippen LogP contribution in [0, 0.1) is 0 Å². The van der Waals surface area contributed by atoms with Crippen LogP contribution in [-0.4, -0.2) is 34.4 Å². The van der Waals surface area contributed by atoms with Gasteiger partial charge in [-0.1, -0.05) is 155 Å². The number of aliphatic hydroxyl groups is 2. The summed E-state index contributed by atoms with van der Waals surface area (Å²) in [5.41, 5.74) is 0. The van der Waals surface area contributed by atoms with Gasteiger partial charge in [-0.05, 0) is 51.4 Å². The van der Waals surface area contributed by atoms with Crippen molar-refractivity contribution in [3.05, 3.63) is 0 Å². The maximum atomic E-state index is 10.2. The first kappa shape index (κ1) is 47.2. The number of carboxylic acid groups (broad SMARTS) is 2. The van der Waals surface area contributed by atoms with E-state index in [1.165, 1.54) is 103 Å². The summed E-state index contributed by atoms with van der Waals surface area (Å²) in [5, 5.41) is 40.2. The molecule has 0 heterocycles. The Morgan fingerprint density at radius 3 is 0.860 bits per heavy atom. The summed E-state index contributed by atoms with van der Waals surface area (Å²) < 4.78 is 0. The maximum absolute atomic E-state index is 10.2. The van der Waals surface area contributed by atoms with Gasteiger partial charge >= 0.3 is 27.3 Å². The van der Waals surface area contributed by atoms with Gasteiger partial charge in [0, 0.05) is 11.9 Å². The Kier molecular flexibility index (Phi) is 43.7. The van der Waals surface area contributed by atoms with Gasteiger partial charge in [0.05, 0.1) is 12.2 Å². The molecular formula is C36H70CdO6. The molecule has 0 aliphatic heterocycles. The van der Waals surface area contributed by atoms with E-state index in [1.54, 1.807) is 0 Å². The molecule has 0 amide bonds. The third-order valence-corrected chi connectivity index (χ3v) is 8.12. The number of carboxylic acids is 2. The Labute approximate surface area is 286 Å². The van der Waals surface area contributed by atoms with Crippen molar-refractivity contribution in [1.82, 2.24) is 0 Å². The molecule has 2 unspecified atom stereocenters. The van der Waals surface area contributed by atoms with Gasteiger partial charge < -0.3 is 30.0 Å². The van der Waals surface area contributed by atoms with Crippen molar-refractivity contribution in [2.24, 2.45) is 0 Å². The molecule has 0 radical (unpaired) electrons. The van der Waals surface area contributed by atoms with Gasteiger partial charge in [-0.25, -0.2) is 0 Å². The fourth-order valence-corrected chi connectivity index (χ4v) is 5.32. The molecule has 0 aliphatic carbocycles. The van der Waals surface area contributed by atoms with Gasteiger partial charge in [-0.2, -0.15) is 0 Å². The number of hydrogen-bond donors (Lipinski definition) is 2. The summed E-state index contributed by atoms with van der Waals surface area (Å²) in [6.07, 6.45) is 31.8. The molecule has 0 fully saturated rings. The number of carbonyl (C=O) groups is 2. The van der Waals surface area contributed by atoms with Gasteiger partial charge in [0.2, 0.25) is 0 Å². The minimum absolute atomic E-state index is 0. The van der Waals surface area contributed by atoms with Crippen LogP contribution in [0.5, 0.6) is 0 Å². The smallest absolute Gasteiger partial charge is 0.550 e. The molecule has 0 saturated carbocycles. The van der Waals surface area contributed by atoms with E-state index in [4.69, 9.17) is 0 Å². The summed E-state index contributed by atoms with van der Waals surface area (Å²) >= 11 is 0. The minimum atomic E-state index is -0.932. The summed E-state index contributed by atoms with van der Waals surface area (Å²) in [7, 11) is 0. The van der Waals surface area contributed by atoms with E-state index in [2.05, 4.69) is 13.8 Å². The molecule has 0 aromatic carbocycles. The zero-order chi connectivity index (χ0) is 31.5. The Bertz CT molecular complexity index is 512.